The Bertz CT molecular complexity index is 1390. The Morgan fingerprint density at radius 3 is 2.15 bits per heavy atom. The number of hydrogen-bond donors (Lipinski definition) is 1. The number of halogens is 1. The Morgan fingerprint density at radius 1 is 0.846 bits per heavy atom. The maximum absolute atomic E-state index is 14.4. The Morgan fingerprint density at radius 2 is 1.54 bits per heavy atom. The molecule has 0 fully saturated rings. The van der Waals surface area contributed by atoms with E-state index in [0.717, 1.165) is 16.8 Å². The van der Waals surface area contributed by atoms with E-state index < -0.39 is 17.8 Å². The molecule has 1 atom stereocenters. The summed E-state index contributed by atoms with van der Waals surface area (Å²) in [5, 5.41) is 2.94. The molecule has 4 aromatic rings. The number of hydrogen-bond acceptors (Lipinski definition) is 4. The Balaban J connectivity index is 1.72. The molecule has 0 aliphatic rings. The minimum Gasteiger partial charge on any atom is -0.497 e. The van der Waals surface area contributed by atoms with Gasteiger partial charge in [-0.15, -0.1) is 0 Å². The van der Waals surface area contributed by atoms with Gasteiger partial charge in [0, 0.05) is 32.0 Å². The van der Waals surface area contributed by atoms with E-state index in [0.29, 0.717) is 17.0 Å². The number of benzene rings is 4. The molecule has 0 aromatic heterocycles. The molecule has 0 saturated heterocycles. The van der Waals surface area contributed by atoms with Crippen LogP contribution in [0, 0.1) is 5.82 Å². The summed E-state index contributed by atoms with van der Waals surface area (Å²) in [5.74, 6) is -0.500. The van der Waals surface area contributed by atoms with Crippen LogP contribution in [-0.2, 0) is 22.6 Å². The highest BCUT2D eigenvalue weighted by Gasteiger charge is 2.32. The van der Waals surface area contributed by atoms with Gasteiger partial charge in [0.2, 0.25) is 5.91 Å². The molecule has 0 spiro atoms. The molecule has 0 aliphatic carbocycles. The number of nitrogens with one attached hydrogen (secondary N) is 1. The fraction of sp³-hybridized carbons (Fsp3) is 0.188. The van der Waals surface area contributed by atoms with Gasteiger partial charge >= 0.3 is 0 Å². The molecule has 6 nitrogen and oxygen atoms in total. The molecule has 0 saturated carbocycles. The summed E-state index contributed by atoms with van der Waals surface area (Å²) in [4.78, 5) is 31.2. The fourth-order valence-electron chi connectivity index (χ4n) is 4.33. The minimum atomic E-state index is -1.08. The first-order chi connectivity index (χ1) is 18.8. The Kier molecular flexibility index (Phi) is 8.94. The lowest BCUT2D eigenvalue weighted by molar-refractivity contribution is -0.139. The molecule has 2 amide bonds. The molecule has 0 radical (unpaired) electrons. The van der Waals surface area contributed by atoms with Gasteiger partial charge < -0.3 is 19.9 Å². The Hall–Kier alpha value is -4.65. The lowest BCUT2D eigenvalue weighted by Gasteiger charge is -2.32. The van der Waals surface area contributed by atoms with Gasteiger partial charge in [-0.25, -0.2) is 4.39 Å². The summed E-state index contributed by atoms with van der Waals surface area (Å²) in [6.07, 6.45) is 0.0909. The lowest BCUT2D eigenvalue weighted by Crippen LogP contribution is -2.41. The van der Waals surface area contributed by atoms with Crippen LogP contribution in [0.15, 0.2) is 103 Å². The van der Waals surface area contributed by atoms with Crippen molar-refractivity contribution in [2.24, 2.45) is 0 Å². The van der Waals surface area contributed by atoms with Crippen LogP contribution in [-0.4, -0.2) is 37.9 Å². The van der Waals surface area contributed by atoms with Crippen LogP contribution < -0.4 is 15.0 Å². The van der Waals surface area contributed by atoms with Gasteiger partial charge in [0.1, 0.15) is 17.6 Å². The zero-order valence-corrected chi connectivity index (χ0v) is 22.3. The normalized spacial score (nSPS) is 11.4. The number of amides is 2. The number of rotatable bonds is 10. The van der Waals surface area contributed by atoms with Crippen molar-refractivity contribution in [3.8, 4) is 5.75 Å². The van der Waals surface area contributed by atoms with Crippen molar-refractivity contribution in [2.45, 2.75) is 19.0 Å². The van der Waals surface area contributed by atoms with E-state index in [2.05, 4.69) is 5.32 Å². The first kappa shape index (κ1) is 27.4. The van der Waals surface area contributed by atoms with Crippen molar-refractivity contribution in [2.75, 3.05) is 31.4 Å². The number of carbonyl (C=O) groups is 2. The molecule has 39 heavy (non-hydrogen) atoms. The second-order valence-electron chi connectivity index (χ2n) is 9.42. The van der Waals surface area contributed by atoms with E-state index in [1.807, 2.05) is 73.6 Å². The van der Waals surface area contributed by atoms with Crippen molar-refractivity contribution in [3.05, 3.63) is 126 Å². The molecule has 0 bridgehead atoms. The molecular weight excluding hydrogens is 493 g/mol. The number of ether oxygens (including phenoxy) is 1. The third-order valence-corrected chi connectivity index (χ3v) is 6.41. The maximum Gasteiger partial charge on any atom is 0.251 e. The summed E-state index contributed by atoms with van der Waals surface area (Å²) in [6, 6.07) is 28.8. The summed E-state index contributed by atoms with van der Waals surface area (Å²) in [7, 11) is 5.45. The standard InChI is InChI=1S/C32H32FN3O3/c1-35(2)28-16-14-27(15-17-28)34-32(38)31(25-10-7-11-26(33)21-25)36(22-24-12-18-29(39-3)19-13-24)30(37)20-23-8-5-4-6-9-23/h4-19,21,31H,20,22H2,1-3H3,(H,34,38). The van der Waals surface area contributed by atoms with Gasteiger partial charge in [-0.05, 0) is 65.2 Å². The smallest absolute Gasteiger partial charge is 0.251 e. The highest BCUT2D eigenvalue weighted by Crippen LogP contribution is 2.28. The molecule has 4 aromatic carbocycles. The average Bonchev–Trinajstić information content (AvgIpc) is 2.94. The van der Waals surface area contributed by atoms with E-state index in [4.69, 9.17) is 4.74 Å². The van der Waals surface area contributed by atoms with Crippen LogP contribution >= 0.6 is 0 Å². The highest BCUT2D eigenvalue weighted by atomic mass is 19.1. The largest absolute Gasteiger partial charge is 0.497 e. The average molecular weight is 526 g/mol. The van der Waals surface area contributed by atoms with E-state index in [-0.39, 0.29) is 18.9 Å². The summed E-state index contributed by atoms with van der Waals surface area (Å²) < 4.78 is 19.7. The topological polar surface area (TPSA) is 61.9 Å². The predicted octanol–water partition coefficient (Wildman–Crippen LogP) is 5.85. The number of carbonyl (C=O) groups excluding carboxylic acids is 2. The molecule has 1 N–H and O–H groups in total. The van der Waals surface area contributed by atoms with Crippen LogP contribution in [0.2, 0.25) is 0 Å². The quantitative estimate of drug-likeness (QED) is 0.282. The van der Waals surface area contributed by atoms with Crippen LogP contribution in [0.5, 0.6) is 5.75 Å². The zero-order valence-electron chi connectivity index (χ0n) is 22.3. The van der Waals surface area contributed by atoms with Gasteiger partial charge in [0.15, 0.2) is 0 Å². The van der Waals surface area contributed by atoms with E-state index in [9.17, 15) is 14.0 Å². The van der Waals surface area contributed by atoms with Crippen LogP contribution in [0.1, 0.15) is 22.7 Å². The van der Waals surface area contributed by atoms with Gasteiger partial charge in [0.05, 0.1) is 13.5 Å². The van der Waals surface area contributed by atoms with E-state index in [1.54, 1.807) is 43.5 Å². The van der Waals surface area contributed by atoms with Crippen LogP contribution in [0.3, 0.4) is 0 Å². The van der Waals surface area contributed by atoms with E-state index >= 15 is 0 Å². The summed E-state index contributed by atoms with van der Waals surface area (Å²) in [5.41, 5.74) is 3.56. The van der Waals surface area contributed by atoms with Crippen molar-refractivity contribution >= 4 is 23.2 Å². The molecular formula is C32H32FN3O3. The van der Waals surface area contributed by atoms with Crippen LogP contribution in [0.4, 0.5) is 15.8 Å². The first-order valence-electron chi connectivity index (χ1n) is 12.6. The van der Waals surface area contributed by atoms with Crippen molar-refractivity contribution in [1.82, 2.24) is 4.90 Å². The number of methoxy groups -OCH3 is 1. The van der Waals surface area contributed by atoms with Gasteiger partial charge in [-0.2, -0.15) is 0 Å². The number of nitrogens with zero attached hydrogens (tertiary/aromatic N) is 2. The molecule has 0 heterocycles. The predicted molar refractivity (Wildman–Crippen MR) is 152 cm³/mol. The minimum absolute atomic E-state index is 0.0909. The van der Waals surface area contributed by atoms with Gasteiger partial charge in [-0.1, -0.05) is 54.6 Å². The van der Waals surface area contributed by atoms with Crippen molar-refractivity contribution < 1.29 is 18.7 Å². The van der Waals surface area contributed by atoms with Gasteiger partial charge in [-0.3, -0.25) is 9.59 Å². The van der Waals surface area contributed by atoms with Gasteiger partial charge in [0.25, 0.3) is 5.91 Å². The van der Waals surface area contributed by atoms with Crippen molar-refractivity contribution in [1.29, 1.82) is 0 Å². The SMILES string of the molecule is COc1ccc(CN(C(=O)Cc2ccccc2)C(C(=O)Nc2ccc(N(C)C)cc2)c2cccc(F)c2)cc1. The first-order valence-corrected chi connectivity index (χ1v) is 12.6. The third-order valence-electron chi connectivity index (χ3n) is 6.41. The summed E-state index contributed by atoms with van der Waals surface area (Å²) >= 11 is 0. The van der Waals surface area contributed by atoms with E-state index in [1.165, 1.54) is 17.0 Å². The van der Waals surface area contributed by atoms with Crippen LogP contribution in [0.25, 0.3) is 0 Å². The molecule has 7 heteroatoms. The summed E-state index contributed by atoms with van der Waals surface area (Å²) in [6.45, 7) is 0.143. The lowest BCUT2D eigenvalue weighted by atomic mass is 10.0. The molecule has 1 unspecified atom stereocenters. The molecule has 0 aliphatic heterocycles. The zero-order chi connectivity index (χ0) is 27.8. The Labute approximate surface area is 228 Å². The molecule has 4 rings (SSSR count). The fourth-order valence-corrected chi connectivity index (χ4v) is 4.33. The number of anilines is 2. The third kappa shape index (κ3) is 7.23. The monoisotopic (exact) mass is 525 g/mol. The second kappa shape index (κ2) is 12.7. The highest BCUT2D eigenvalue weighted by molar-refractivity contribution is 5.98. The van der Waals surface area contributed by atoms with Crippen molar-refractivity contribution in [3.63, 3.8) is 0 Å². The maximum atomic E-state index is 14.4. The second-order valence-corrected chi connectivity index (χ2v) is 9.42. The molecule has 200 valence electrons.